The van der Waals surface area contributed by atoms with Gasteiger partial charge in [-0.2, -0.15) is 0 Å². The van der Waals surface area contributed by atoms with Crippen LogP contribution in [0.25, 0.3) is 11.0 Å². The summed E-state index contributed by atoms with van der Waals surface area (Å²) in [5.74, 6) is 0. The molecule has 3 aromatic rings. The van der Waals surface area contributed by atoms with Gasteiger partial charge >= 0.3 is 0 Å². The molecule has 2 nitrogen and oxygen atoms in total. The van der Waals surface area contributed by atoms with Gasteiger partial charge in [-0.3, -0.25) is 0 Å². The Labute approximate surface area is 117 Å². The van der Waals surface area contributed by atoms with E-state index >= 15 is 0 Å². The lowest BCUT2D eigenvalue weighted by molar-refractivity contribution is -0.663. The van der Waals surface area contributed by atoms with Crippen molar-refractivity contribution >= 4 is 22.6 Å². The van der Waals surface area contributed by atoms with Gasteiger partial charge in [-0.05, 0) is 24.6 Å². The Morgan fingerprint density at radius 1 is 1.11 bits per heavy atom. The van der Waals surface area contributed by atoms with Crippen LogP contribution < -0.4 is 4.57 Å². The maximum atomic E-state index is 6.09. The number of benzene rings is 2. The summed E-state index contributed by atoms with van der Waals surface area (Å²) in [7, 11) is 0. The van der Waals surface area contributed by atoms with Crippen LogP contribution in [-0.2, 0) is 13.1 Å². The molecule has 1 aromatic heterocycles. The molecular formula is C16H16ClN2+. The van der Waals surface area contributed by atoms with E-state index in [0.29, 0.717) is 0 Å². The van der Waals surface area contributed by atoms with Crippen LogP contribution in [0.4, 0.5) is 0 Å². The van der Waals surface area contributed by atoms with Gasteiger partial charge in [0.2, 0.25) is 6.33 Å². The predicted molar refractivity (Wildman–Crippen MR) is 78.4 cm³/mol. The first kappa shape index (κ1) is 12.2. The molecule has 19 heavy (non-hydrogen) atoms. The van der Waals surface area contributed by atoms with E-state index in [1.807, 2.05) is 18.2 Å². The van der Waals surface area contributed by atoms with Gasteiger partial charge in [0.05, 0.1) is 6.54 Å². The molecule has 0 N–H and O–H groups in total. The Morgan fingerprint density at radius 2 is 1.89 bits per heavy atom. The Kier molecular flexibility index (Phi) is 3.26. The molecule has 0 unspecified atom stereocenters. The van der Waals surface area contributed by atoms with Gasteiger partial charge in [-0.1, -0.05) is 41.9 Å². The number of rotatable bonds is 3. The lowest BCUT2D eigenvalue weighted by Gasteiger charge is -1.98. The summed E-state index contributed by atoms with van der Waals surface area (Å²) in [5, 5.41) is 0.784. The topological polar surface area (TPSA) is 8.81 Å². The zero-order valence-corrected chi connectivity index (χ0v) is 11.6. The molecule has 1 heterocycles. The third kappa shape index (κ3) is 2.36. The average molecular weight is 272 g/mol. The minimum Gasteiger partial charge on any atom is -0.230 e. The smallest absolute Gasteiger partial charge is 0.230 e. The first-order valence-electron chi connectivity index (χ1n) is 6.49. The molecule has 0 spiro atoms. The molecule has 2 aromatic carbocycles. The molecule has 3 heteroatoms. The normalized spacial score (nSPS) is 11.1. The first-order valence-corrected chi connectivity index (χ1v) is 6.87. The zero-order valence-electron chi connectivity index (χ0n) is 10.9. The summed E-state index contributed by atoms with van der Waals surface area (Å²) in [6, 6.07) is 16.6. The monoisotopic (exact) mass is 271 g/mol. The standard InChI is InChI=1S/C16H16ClN2/c1-2-18-12-19(11-13-6-4-3-5-7-13)15-9-8-14(17)10-16(15)18/h3-10,12H,2,11H2,1H3/q+1. The third-order valence-electron chi connectivity index (χ3n) is 3.37. The van der Waals surface area contributed by atoms with Crippen LogP contribution in [0, 0.1) is 0 Å². The van der Waals surface area contributed by atoms with Crippen LogP contribution in [0.5, 0.6) is 0 Å². The van der Waals surface area contributed by atoms with E-state index in [1.54, 1.807) is 0 Å². The highest BCUT2D eigenvalue weighted by Crippen LogP contribution is 2.17. The van der Waals surface area contributed by atoms with E-state index in [2.05, 4.69) is 52.7 Å². The summed E-state index contributed by atoms with van der Waals surface area (Å²) in [5.41, 5.74) is 3.71. The van der Waals surface area contributed by atoms with E-state index in [0.717, 1.165) is 18.1 Å². The van der Waals surface area contributed by atoms with Gasteiger partial charge in [0.1, 0.15) is 6.54 Å². The number of aryl methyl sites for hydroxylation is 1. The van der Waals surface area contributed by atoms with E-state index in [4.69, 9.17) is 11.6 Å². The molecule has 3 rings (SSSR count). The summed E-state index contributed by atoms with van der Waals surface area (Å²) < 4.78 is 4.49. The maximum Gasteiger partial charge on any atom is 0.245 e. The van der Waals surface area contributed by atoms with Crippen LogP contribution in [-0.4, -0.2) is 4.57 Å². The van der Waals surface area contributed by atoms with Crippen LogP contribution in [0.15, 0.2) is 54.9 Å². The number of halogens is 1. The Morgan fingerprint density at radius 3 is 2.63 bits per heavy atom. The minimum atomic E-state index is 0.784. The molecule has 0 aliphatic heterocycles. The van der Waals surface area contributed by atoms with Crippen molar-refractivity contribution in [3.05, 3.63) is 65.4 Å². The summed E-state index contributed by atoms with van der Waals surface area (Å²) in [6.45, 7) is 3.97. The van der Waals surface area contributed by atoms with E-state index < -0.39 is 0 Å². The van der Waals surface area contributed by atoms with Crippen molar-refractivity contribution in [2.24, 2.45) is 0 Å². The Bertz CT molecular complexity index is 701. The molecule has 96 valence electrons. The number of fused-ring (bicyclic) bond motifs is 1. The highest BCUT2D eigenvalue weighted by molar-refractivity contribution is 6.31. The van der Waals surface area contributed by atoms with Crippen LogP contribution >= 0.6 is 11.6 Å². The van der Waals surface area contributed by atoms with Crippen molar-refractivity contribution in [3.8, 4) is 0 Å². The Balaban J connectivity index is 2.09. The number of imidazole rings is 1. The second kappa shape index (κ2) is 5.06. The van der Waals surface area contributed by atoms with Crippen molar-refractivity contribution < 1.29 is 4.57 Å². The van der Waals surface area contributed by atoms with Gasteiger partial charge in [0, 0.05) is 11.1 Å². The largest absolute Gasteiger partial charge is 0.245 e. The van der Waals surface area contributed by atoms with Gasteiger partial charge in [-0.15, -0.1) is 0 Å². The number of hydrogen-bond acceptors (Lipinski definition) is 0. The predicted octanol–water partition coefficient (Wildman–Crippen LogP) is 3.65. The summed E-state index contributed by atoms with van der Waals surface area (Å²) in [6.07, 6.45) is 2.16. The van der Waals surface area contributed by atoms with E-state index in [-0.39, 0.29) is 0 Å². The van der Waals surface area contributed by atoms with E-state index in [1.165, 1.54) is 16.6 Å². The molecule has 0 saturated carbocycles. The van der Waals surface area contributed by atoms with Crippen LogP contribution in [0.1, 0.15) is 12.5 Å². The average Bonchev–Trinajstić information content (AvgIpc) is 2.77. The SMILES string of the molecule is CCn1c[n+](Cc2ccccc2)c2ccc(Cl)cc21. The third-order valence-corrected chi connectivity index (χ3v) is 3.61. The fourth-order valence-electron chi connectivity index (χ4n) is 2.42. The van der Waals surface area contributed by atoms with Crippen LogP contribution in [0.3, 0.4) is 0 Å². The minimum absolute atomic E-state index is 0.784. The highest BCUT2D eigenvalue weighted by Gasteiger charge is 2.14. The zero-order chi connectivity index (χ0) is 13.2. The summed E-state index contributed by atoms with van der Waals surface area (Å²) >= 11 is 6.09. The van der Waals surface area contributed by atoms with Gasteiger partial charge in [0.25, 0.3) is 0 Å². The van der Waals surface area contributed by atoms with Crippen molar-refractivity contribution in [2.45, 2.75) is 20.0 Å². The fraction of sp³-hybridized carbons (Fsp3) is 0.188. The fourth-order valence-corrected chi connectivity index (χ4v) is 2.59. The number of hydrogen-bond donors (Lipinski definition) is 0. The van der Waals surface area contributed by atoms with Crippen LogP contribution in [0.2, 0.25) is 5.02 Å². The van der Waals surface area contributed by atoms with Gasteiger partial charge in [0.15, 0.2) is 11.0 Å². The molecule has 0 amide bonds. The molecule has 0 bridgehead atoms. The maximum absolute atomic E-state index is 6.09. The van der Waals surface area contributed by atoms with Crippen molar-refractivity contribution in [3.63, 3.8) is 0 Å². The molecule has 0 aliphatic carbocycles. The number of aromatic nitrogens is 2. The van der Waals surface area contributed by atoms with Crippen molar-refractivity contribution in [1.82, 2.24) is 4.57 Å². The first-order chi connectivity index (χ1) is 9.28. The van der Waals surface area contributed by atoms with Gasteiger partial charge in [-0.25, -0.2) is 9.13 Å². The Hall–Kier alpha value is -1.80. The second-order valence-corrected chi connectivity index (χ2v) is 5.08. The molecule has 0 fully saturated rings. The second-order valence-electron chi connectivity index (χ2n) is 4.65. The molecule has 0 saturated heterocycles. The molecule has 0 atom stereocenters. The van der Waals surface area contributed by atoms with Crippen molar-refractivity contribution in [2.75, 3.05) is 0 Å². The quantitative estimate of drug-likeness (QED) is 0.643. The van der Waals surface area contributed by atoms with Gasteiger partial charge < -0.3 is 0 Å². The highest BCUT2D eigenvalue weighted by atomic mass is 35.5. The lowest BCUT2D eigenvalue weighted by Crippen LogP contribution is -2.32. The molecular weight excluding hydrogens is 256 g/mol. The molecule has 0 aliphatic rings. The molecule has 0 radical (unpaired) electrons. The lowest BCUT2D eigenvalue weighted by atomic mass is 10.2. The summed E-state index contributed by atoms with van der Waals surface area (Å²) in [4.78, 5) is 0. The number of nitrogens with zero attached hydrogens (tertiary/aromatic N) is 2. The van der Waals surface area contributed by atoms with Crippen molar-refractivity contribution in [1.29, 1.82) is 0 Å². The van der Waals surface area contributed by atoms with E-state index in [9.17, 15) is 0 Å².